The summed E-state index contributed by atoms with van der Waals surface area (Å²) in [5.41, 5.74) is 5.99. The summed E-state index contributed by atoms with van der Waals surface area (Å²) in [6.45, 7) is 9.68. The van der Waals surface area contributed by atoms with Crippen molar-refractivity contribution in [3.63, 3.8) is 0 Å². The second kappa shape index (κ2) is 20.2. The summed E-state index contributed by atoms with van der Waals surface area (Å²) in [4.78, 5) is 4.09. The monoisotopic (exact) mass is 724 g/mol. The minimum atomic E-state index is -1.68. The van der Waals surface area contributed by atoms with Crippen molar-refractivity contribution >= 4 is 37.3 Å². The minimum absolute atomic E-state index is 0. The van der Waals surface area contributed by atoms with Gasteiger partial charge in [-0.3, -0.25) is 0 Å². The molecule has 0 spiro atoms. The van der Waals surface area contributed by atoms with E-state index in [2.05, 4.69) is 165 Å². The van der Waals surface area contributed by atoms with Gasteiger partial charge in [0, 0.05) is 0 Å². The van der Waals surface area contributed by atoms with Crippen LogP contribution in [0.1, 0.15) is 87.0 Å². The van der Waals surface area contributed by atoms with E-state index in [1.807, 2.05) is 0 Å². The molecule has 0 saturated heterocycles. The molecule has 1 aliphatic carbocycles. The van der Waals surface area contributed by atoms with E-state index in [0.717, 1.165) is 6.42 Å². The number of benzene rings is 5. The molecule has 1 atom stereocenters. The fraction of sp³-hybridized carbons (Fsp3) is 0.333. The molecule has 0 saturated carbocycles. The summed E-state index contributed by atoms with van der Waals surface area (Å²) in [6, 6.07) is 48.9. The van der Waals surface area contributed by atoms with Crippen molar-refractivity contribution < 1.29 is 21.6 Å². The average Bonchev–Trinajstić information content (AvgIpc) is 3.50. The van der Waals surface area contributed by atoms with Gasteiger partial charge >= 0.3 is 17.4 Å². The second-order valence-electron chi connectivity index (χ2n) is 13.9. The van der Waals surface area contributed by atoms with Crippen LogP contribution in [0.5, 0.6) is 0 Å². The van der Waals surface area contributed by atoms with Crippen molar-refractivity contribution in [2.24, 2.45) is 0 Å². The predicted octanol–water partition coefficient (Wildman–Crippen LogP) is 11.0. The molecule has 5 aromatic rings. The van der Waals surface area contributed by atoms with E-state index in [4.69, 9.17) is 0 Å². The van der Waals surface area contributed by atoms with Crippen LogP contribution in [-0.2, 0) is 23.8 Å². The summed E-state index contributed by atoms with van der Waals surface area (Å²) in [5, 5.41) is 5.80. The summed E-state index contributed by atoms with van der Waals surface area (Å²) in [7, 11) is -2.12. The van der Waals surface area contributed by atoms with Gasteiger partial charge in [-0.2, -0.15) is 0 Å². The first-order chi connectivity index (χ1) is 23.5. The molecule has 6 rings (SSSR count). The Morgan fingerprint density at radius 1 is 0.592 bits per heavy atom. The first-order valence-corrected chi connectivity index (χ1v) is 22.8. The Kier molecular flexibility index (Phi) is 16.1. The SMILES string of the molecule is CCCCCCCCCCC(C)N[Si](C)(C)c1cccc2c1Cc1ccccc1-2.[Cr+3].[H-].[H-].[H-].c1ccc(P(c2ccccc2)c2ccccc2)cc1. The molecule has 1 aliphatic rings. The van der Waals surface area contributed by atoms with E-state index < -0.39 is 16.2 Å². The van der Waals surface area contributed by atoms with Crippen LogP contribution >= 0.6 is 7.92 Å². The molecule has 259 valence electrons. The van der Waals surface area contributed by atoms with E-state index >= 15 is 0 Å². The van der Waals surface area contributed by atoms with E-state index in [1.54, 1.807) is 10.8 Å². The maximum absolute atomic E-state index is 4.09. The Hall–Kier alpha value is -2.76. The van der Waals surface area contributed by atoms with Crippen LogP contribution in [-0.4, -0.2) is 14.3 Å². The third-order valence-electron chi connectivity index (χ3n) is 9.67. The fourth-order valence-corrected chi connectivity index (χ4v) is 12.6. The van der Waals surface area contributed by atoms with Gasteiger partial charge in [0.15, 0.2) is 8.24 Å². The third kappa shape index (κ3) is 11.1. The van der Waals surface area contributed by atoms with E-state index in [1.165, 1.54) is 90.4 Å². The zero-order chi connectivity index (χ0) is 33.6. The second-order valence-corrected chi connectivity index (χ2v) is 20.2. The molecular formula is C45H59CrNPSi. The molecule has 0 amide bonds. The molecule has 0 bridgehead atoms. The molecule has 1 N–H and O–H groups in total. The Bertz CT molecular complexity index is 1580. The zero-order valence-electron chi connectivity index (χ0n) is 33.2. The number of hydrogen-bond acceptors (Lipinski definition) is 1. The van der Waals surface area contributed by atoms with Gasteiger partial charge in [-0.1, -0.05) is 212 Å². The maximum atomic E-state index is 4.09. The van der Waals surface area contributed by atoms with Gasteiger partial charge < -0.3 is 9.26 Å². The fourth-order valence-electron chi connectivity index (χ4n) is 7.27. The summed E-state index contributed by atoms with van der Waals surface area (Å²) >= 11 is 0. The van der Waals surface area contributed by atoms with Crippen LogP contribution in [0, 0.1) is 0 Å². The molecule has 4 heteroatoms. The summed E-state index contributed by atoms with van der Waals surface area (Å²) in [5.74, 6) is 0. The van der Waals surface area contributed by atoms with Crippen molar-refractivity contribution in [2.75, 3.05) is 0 Å². The first-order valence-electron chi connectivity index (χ1n) is 18.4. The summed E-state index contributed by atoms with van der Waals surface area (Å²) in [6.07, 6.45) is 13.6. The van der Waals surface area contributed by atoms with Crippen LogP contribution in [0.3, 0.4) is 0 Å². The van der Waals surface area contributed by atoms with Crippen molar-refractivity contribution in [1.29, 1.82) is 0 Å². The van der Waals surface area contributed by atoms with Crippen LogP contribution in [0.15, 0.2) is 133 Å². The van der Waals surface area contributed by atoms with E-state index in [9.17, 15) is 0 Å². The molecule has 5 aromatic carbocycles. The zero-order valence-corrected chi connectivity index (χ0v) is 33.4. The topological polar surface area (TPSA) is 12.0 Å². The Morgan fingerprint density at radius 2 is 1.06 bits per heavy atom. The van der Waals surface area contributed by atoms with Crippen molar-refractivity contribution in [3.05, 3.63) is 145 Å². The van der Waals surface area contributed by atoms with Crippen LogP contribution in [0.25, 0.3) is 11.1 Å². The molecule has 49 heavy (non-hydrogen) atoms. The number of unbranched alkanes of at least 4 members (excludes halogenated alkanes) is 7. The van der Waals surface area contributed by atoms with Gasteiger partial charge in [-0.15, -0.1) is 0 Å². The third-order valence-corrected chi connectivity index (χ3v) is 15.1. The molecule has 0 heterocycles. The molecule has 1 unspecified atom stereocenters. The first kappa shape index (κ1) is 39.0. The van der Waals surface area contributed by atoms with Crippen LogP contribution in [0.2, 0.25) is 13.1 Å². The summed E-state index contributed by atoms with van der Waals surface area (Å²) < 4.78 is 0. The molecule has 0 aromatic heterocycles. The van der Waals surface area contributed by atoms with Gasteiger partial charge in [0.05, 0.1) is 0 Å². The molecular weight excluding hydrogens is 666 g/mol. The van der Waals surface area contributed by atoms with Crippen LogP contribution in [0.4, 0.5) is 0 Å². The maximum Gasteiger partial charge on any atom is 3.00 e. The van der Waals surface area contributed by atoms with Gasteiger partial charge in [0.1, 0.15) is 0 Å². The van der Waals surface area contributed by atoms with Gasteiger partial charge in [0.25, 0.3) is 0 Å². The number of hydrogen-bond donors (Lipinski definition) is 1. The van der Waals surface area contributed by atoms with Crippen molar-refractivity contribution in [2.45, 2.75) is 97.2 Å². The van der Waals surface area contributed by atoms with Crippen molar-refractivity contribution in [3.8, 4) is 11.1 Å². The number of fused-ring (bicyclic) bond motifs is 3. The Labute approximate surface area is 315 Å². The minimum Gasteiger partial charge on any atom is -1.00 e. The Balaban J connectivity index is 0.000000516. The number of nitrogens with one attached hydrogen (secondary N) is 1. The predicted molar refractivity (Wildman–Crippen MR) is 220 cm³/mol. The molecule has 0 aliphatic heterocycles. The van der Waals surface area contributed by atoms with Gasteiger partial charge in [0.2, 0.25) is 0 Å². The van der Waals surface area contributed by atoms with E-state index in [0.29, 0.717) is 6.04 Å². The molecule has 0 fully saturated rings. The number of rotatable bonds is 15. The standard InChI is InChI=1S/C27H41NSi.C18H15P.Cr.3H/c1-5-6-7-8-9-10-11-12-16-22(2)28-29(3,4)27-20-15-19-25-24-18-14-13-17-23(24)21-26(25)27;1-4-10-16(11-5-1)19(17-12-6-2-7-13-17)18-14-8-3-9-15-18;;;;/h13-15,17-20,22,28H,5-12,16,21H2,1-4H3;1-15H;;;;/q;;+3;3*-1. The van der Waals surface area contributed by atoms with Crippen molar-refractivity contribution in [1.82, 2.24) is 4.98 Å². The molecule has 1 nitrogen and oxygen atoms in total. The molecule has 1 radical (unpaired) electrons. The van der Waals surface area contributed by atoms with Gasteiger partial charge in [-0.05, 0) is 70.2 Å². The van der Waals surface area contributed by atoms with Gasteiger partial charge in [-0.25, -0.2) is 0 Å². The normalized spacial score (nSPS) is 12.3. The quantitative estimate of drug-likeness (QED) is 0.0632. The Morgan fingerprint density at radius 3 is 1.61 bits per heavy atom. The average molecular weight is 725 g/mol. The van der Waals surface area contributed by atoms with E-state index in [-0.39, 0.29) is 21.6 Å². The van der Waals surface area contributed by atoms with Crippen LogP contribution < -0.4 is 26.1 Å². The smallest absolute Gasteiger partial charge is 1.00 e. The largest absolute Gasteiger partial charge is 3.00 e.